The molecule has 0 aliphatic rings. The third-order valence-electron chi connectivity index (χ3n) is 1.61. The molecule has 15 heavy (non-hydrogen) atoms. The van der Waals surface area contributed by atoms with Crippen LogP contribution in [0.1, 0.15) is 20.8 Å². The number of hydrogen-bond acceptors (Lipinski definition) is 1. The van der Waals surface area contributed by atoms with Gasteiger partial charge in [-0.25, -0.2) is 17.6 Å². The lowest BCUT2D eigenvalue weighted by Crippen LogP contribution is -2.28. The number of halogens is 4. The van der Waals surface area contributed by atoms with Gasteiger partial charge in [0.2, 0.25) is 0 Å². The van der Waals surface area contributed by atoms with E-state index in [1.165, 1.54) is 0 Å². The van der Waals surface area contributed by atoms with Crippen molar-refractivity contribution in [2.24, 2.45) is 0 Å². The number of hydrogen-bond donors (Lipinski definition) is 1. The summed E-state index contributed by atoms with van der Waals surface area (Å²) in [5, 5.41) is 2.37. The second-order valence-corrected chi connectivity index (χ2v) is 4.22. The van der Waals surface area contributed by atoms with E-state index in [2.05, 4.69) is 5.32 Å². The van der Waals surface area contributed by atoms with E-state index in [1.54, 1.807) is 20.8 Å². The molecular weight excluding hydrogens is 210 g/mol. The average molecular weight is 221 g/mol. The van der Waals surface area contributed by atoms with Gasteiger partial charge in [-0.2, -0.15) is 0 Å². The van der Waals surface area contributed by atoms with Crippen LogP contribution in [-0.4, -0.2) is 5.54 Å². The van der Waals surface area contributed by atoms with Gasteiger partial charge >= 0.3 is 0 Å². The number of anilines is 1. The van der Waals surface area contributed by atoms with Gasteiger partial charge in [-0.1, -0.05) is 0 Å². The van der Waals surface area contributed by atoms with E-state index in [0.29, 0.717) is 0 Å². The summed E-state index contributed by atoms with van der Waals surface area (Å²) in [6.07, 6.45) is 0. The predicted octanol–water partition coefficient (Wildman–Crippen LogP) is 3.45. The maximum absolute atomic E-state index is 13.1. The van der Waals surface area contributed by atoms with E-state index < -0.39 is 34.5 Å². The van der Waals surface area contributed by atoms with Gasteiger partial charge in [-0.05, 0) is 20.8 Å². The molecule has 0 aliphatic carbocycles. The summed E-state index contributed by atoms with van der Waals surface area (Å²) < 4.78 is 51.8. The van der Waals surface area contributed by atoms with E-state index >= 15 is 0 Å². The van der Waals surface area contributed by atoms with Crippen molar-refractivity contribution in [1.82, 2.24) is 0 Å². The first kappa shape index (κ1) is 11.8. The zero-order chi connectivity index (χ0) is 11.8. The molecule has 0 radical (unpaired) electrons. The Labute approximate surface area is 85.1 Å². The molecule has 1 aromatic carbocycles. The fraction of sp³-hybridized carbons (Fsp3) is 0.400. The highest BCUT2D eigenvalue weighted by atomic mass is 19.2. The molecule has 5 heteroatoms. The third-order valence-corrected chi connectivity index (χ3v) is 1.61. The maximum atomic E-state index is 13.1. The second-order valence-electron chi connectivity index (χ2n) is 4.22. The molecular formula is C10H11F4N. The second kappa shape index (κ2) is 3.72. The van der Waals surface area contributed by atoms with Gasteiger partial charge in [0.1, 0.15) is 5.69 Å². The minimum absolute atomic E-state index is 0.179. The average Bonchev–Trinajstić information content (AvgIpc) is 2.08. The Hall–Kier alpha value is -1.26. The van der Waals surface area contributed by atoms with Crippen molar-refractivity contribution in [3.05, 3.63) is 29.3 Å². The van der Waals surface area contributed by atoms with Gasteiger partial charge in [0.15, 0.2) is 23.3 Å². The smallest absolute Gasteiger partial charge is 0.185 e. The molecule has 0 spiro atoms. The molecule has 0 unspecified atom stereocenters. The van der Waals surface area contributed by atoms with E-state index in [-0.39, 0.29) is 6.07 Å². The van der Waals surface area contributed by atoms with Crippen molar-refractivity contribution in [3.8, 4) is 0 Å². The Kier molecular flexibility index (Phi) is 2.93. The summed E-state index contributed by atoms with van der Waals surface area (Å²) in [4.78, 5) is 0. The molecule has 0 fully saturated rings. The molecule has 1 rings (SSSR count). The van der Waals surface area contributed by atoms with Gasteiger partial charge in [0.25, 0.3) is 0 Å². The lowest BCUT2D eigenvalue weighted by atomic mass is 10.1. The van der Waals surface area contributed by atoms with E-state index in [9.17, 15) is 17.6 Å². The highest BCUT2D eigenvalue weighted by Gasteiger charge is 2.22. The topological polar surface area (TPSA) is 12.0 Å². The number of rotatable bonds is 1. The normalized spacial score (nSPS) is 11.7. The maximum Gasteiger partial charge on any atom is 0.185 e. The molecule has 0 aliphatic heterocycles. The summed E-state index contributed by atoms with van der Waals surface area (Å²) in [5.41, 5.74) is -1.47. The molecule has 1 N–H and O–H groups in total. The molecule has 0 atom stereocenters. The van der Waals surface area contributed by atoms with Crippen LogP contribution in [0.2, 0.25) is 0 Å². The van der Waals surface area contributed by atoms with Crippen molar-refractivity contribution in [3.63, 3.8) is 0 Å². The van der Waals surface area contributed by atoms with E-state index in [0.717, 1.165) is 0 Å². The zero-order valence-electron chi connectivity index (χ0n) is 8.59. The van der Waals surface area contributed by atoms with Gasteiger partial charge in [-0.15, -0.1) is 0 Å². The molecule has 0 heterocycles. The van der Waals surface area contributed by atoms with Crippen LogP contribution in [0.15, 0.2) is 6.07 Å². The SMILES string of the molecule is CC(C)(C)Nc1c(F)c(F)cc(F)c1F. The Bertz CT molecular complexity index is 356. The van der Waals surface area contributed by atoms with Gasteiger partial charge in [0, 0.05) is 11.6 Å². The van der Waals surface area contributed by atoms with Crippen LogP contribution >= 0.6 is 0 Å². The van der Waals surface area contributed by atoms with Crippen molar-refractivity contribution >= 4 is 5.69 Å². The van der Waals surface area contributed by atoms with Crippen molar-refractivity contribution < 1.29 is 17.6 Å². The number of nitrogens with one attached hydrogen (secondary N) is 1. The molecule has 1 aromatic rings. The van der Waals surface area contributed by atoms with Crippen LogP contribution in [0.3, 0.4) is 0 Å². The molecule has 84 valence electrons. The predicted molar refractivity (Wildman–Crippen MR) is 49.6 cm³/mol. The molecule has 0 amide bonds. The minimum atomic E-state index is -1.42. The molecule has 0 aromatic heterocycles. The molecule has 1 nitrogen and oxygen atoms in total. The largest absolute Gasteiger partial charge is 0.376 e. The van der Waals surface area contributed by atoms with Crippen molar-refractivity contribution in [1.29, 1.82) is 0 Å². The highest BCUT2D eigenvalue weighted by molar-refractivity contribution is 5.48. The Morgan fingerprint density at radius 2 is 1.33 bits per heavy atom. The van der Waals surface area contributed by atoms with Gasteiger partial charge in [0.05, 0.1) is 0 Å². The quantitative estimate of drug-likeness (QED) is 0.565. The lowest BCUT2D eigenvalue weighted by molar-refractivity contribution is 0.453. The fourth-order valence-corrected chi connectivity index (χ4v) is 1.06. The van der Waals surface area contributed by atoms with Crippen molar-refractivity contribution in [2.75, 3.05) is 5.32 Å². The van der Waals surface area contributed by atoms with Crippen LogP contribution < -0.4 is 5.32 Å². The first-order chi connectivity index (χ1) is 6.72. The highest BCUT2D eigenvalue weighted by Crippen LogP contribution is 2.26. The third kappa shape index (κ3) is 2.61. The van der Waals surface area contributed by atoms with E-state index in [1.807, 2.05) is 0 Å². The summed E-state index contributed by atoms with van der Waals surface area (Å²) in [5.74, 6) is -5.66. The van der Waals surface area contributed by atoms with Crippen LogP contribution in [0, 0.1) is 23.3 Å². The Morgan fingerprint density at radius 3 is 1.67 bits per heavy atom. The Balaban J connectivity index is 3.27. The zero-order valence-corrected chi connectivity index (χ0v) is 8.59. The lowest BCUT2D eigenvalue weighted by Gasteiger charge is -2.23. The fourth-order valence-electron chi connectivity index (χ4n) is 1.06. The summed E-state index contributed by atoms with van der Waals surface area (Å²) in [7, 11) is 0. The summed E-state index contributed by atoms with van der Waals surface area (Å²) in [6.45, 7) is 4.86. The number of benzene rings is 1. The molecule has 0 bridgehead atoms. The van der Waals surface area contributed by atoms with Gasteiger partial charge in [-0.3, -0.25) is 0 Å². The van der Waals surface area contributed by atoms with Crippen molar-refractivity contribution in [2.45, 2.75) is 26.3 Å². The molecule has 0 saturated heterocycles. The van der Waals surface area contributed by atoms with Crippen LogP contribution in [0.25, 0.3) is 0 Å². The Morgan fingerprint density at radius 1 is 0.933 bits per heavy atom. The first-order valence-electron chi connectivity index (χ1n) is 4.33. The molecule has 0 saturated carbocycles. The van der Waals surface area contributed by atoms with Crippen LogP contribution in [-0.2, 0) is 0 Å². The first-order valence-corrected chi connectivity index (χ1v) is 4.33. The van der Waals surface area contributed by atoms with Crippen LogP contribution in [0.4, 0.5) is 23.2 Å². The summed E-state index contributed by atoms with van der Waals surface area (Å²) in [6, 6.07) is 0.179. The van der Waals surface area contributed by atoms with Gasteiger partial charge < -0.3 is 5.32 Å². The van der Waals surface area contributed by atoms with Crippen LogP contribution in [0.5, 0.6) is 0 Å². The minimum Gasteiger partial charge on any atom is -0.376 e. The monoisotopic (exact) mass is 221 g/mol. The standard InChI is InChI=1S/C10H11F4N/c1-10(2,3)15-9-7(13)5(11)4-6(12)8(9)14/h4,15H,1-3H3. The van der Waals surface area contributed by atoms with E-state index in [4.69, 9.17) is 0 Å². The summed E-state index contributed by atoms with van der Waals surface area (Å²) >= 11 is 0.